The Morgan fingerprint density at radius 3 is 2.39 bits per heavy atom. The first-order valence-electron chi connectivity index (χ1n) is 10.6. The van der Waals surface area contributed by atoms with Gasteiger partial charge in [-0.15, -0.1) is 0 Å². The highest BCUT2D eigenvalue weighted by molar-refractivity contribution is 7.92. The van der Waals surface area contributed by atoms with Gasteiger partial charge in [0.15, 0.2) is 0 Å². The number of hydrogen-bond donors (Lipinski definition) is 1. The van der Waals surface area contributed by atoms with Crippen molar-refractivity contribution in [2.75, 3.05) is 23.7 Å². The van der Waals surface area contributed by atoms with Crippen molar-refractivity contribution in [3.63, 3.8) is 0 Å². The summed E-state index contributed by atoms with van der Waals surface area (Å²) in [6.45, 7) is 4.18. The smallest absolute Gasteiger partial charge is 0.242 e. The minimum Gasteiger partial charge on any atom is -0.355 e. The Morgan fingerprint density at radius 2 is 1.79 bits per heavy atom. The van der Waals surface area contributed by atoms with E-state index in [-0.39, 0.29) is 37.7 Å². The summed E-state index contributed by atoms with van der Waals surface area (Å²) in [6, 6.07) is 13.0. The van der Waals surface area contributed by atoms with E-state index in [9.17, 15) is 18.0 Å². The Bertz CT molecular complexity index is 1080. The van der Waals surface area contributed by atoms with E-state index in [4.69, 9.17) is 23.2 Å². The third-order valence-electron chi connectivity index (χ3n) is 5.07. The van der Waals surface area contributed by atoms with Crippen molar-refractivity contribution in [2.45, 2.75) is 39.3 Å². The van der Waals surface area contributed by atoms with Crippen molar-refractivity contribution in [1.82, 2.24) is 10.2 Å². The first-order valence-corrected chi connectivity index (χ1v) is 13.2. The number of hydrogen-bond acceptors (Lipinski definition) is 4. The molecule has 0 aliphatic heterocycles. The van der Waals surface area contributed by atoms with Gasteiger partial charge in [0.2, 0.25) is 21.8 Å². The van der Waals surface area contributed by atoms with Crippen molar-refractivity contribution >= 4 is 50.7 Å². The number of nitrogens with zero attached hydrogens (tertiary/aromatic N) is 2. The molecular weight excluding hydrogens is 485 g/mol. The fourth-order valence-corrected chi connectivity index (χ4v) is 4.69. The predicted molar refractivity (Wildman–Crippen MR) is 133 cm³/mol. The van der Waals surface area contributed by atoms with Crippen LogP contribution in [0.25, 0.3) is 0 Å². The molecule has 2 aromatic rings. The van der Waals surface area contributed by atoms with Gasteiger partial charge in [0.25, 0.3) is 0 Å². The van der Waals surface area contributed by atoms with E-state index in [0.717, 1.165) is 11.8 Å². The summed E-state index contributed by atoms with van der Waals surface area (Å²) in [5.41, 5.74) is 1.15. The van der Waals surface area contributed by atoms with E-state index < -0.39 is 16.1 Å². The standard InChI is InChI=1S/C23H29Cl2N3O4S/c1-4-26-23(30)17(2)27(16-18-9-5-6-12-21(18)25)22(29)13-8-14-28(33(3,31)32)20-11-7-10-19(24)15-20/h5-7,9-12,15,17H,4,8,13-14,16H2,1-3H3,(H,26,30)/t17-/m0/s1. The van der Waals surface area contributed by atoms with Crippen LogP contribution in [0.3, 0.4) is 0 Å². The van der Waals surface area contributed by atoms with E-state index in [1.54, 1.807) is 56.3 Å². The second kappa shape index (κ2) is 12.3. The second-order valence-electron chi connectivity index (χ2n) is 7.60. The molecule has 10 heteroatoms. The Balaban J connectivity index is 2.16. The molecule has 0 saturated heterocycles. The van der Waals surface area contributed by atoms with Crippen LogP contribution in [0, 0.1) is 0 Å². The third-order valence-corrected chi connectivity index (χ3v) is 6.86. The lowest BCUT2D eigenvalue weighted by atomic mass is 10.1. The molecule has 0 spiro atoms. The average molecular weight is 514 g/mol. The van der Waals surface area contributed by atoms with Crippen LogP contribution in [0.1, 0.15) is 32.3 Å². The molecule has 2 aromatic carbocycles. The first-order chi connectivity index (χ1) is 15.5. The van der Waals surface area contributed by atoms with Crippen LogP contribution >= 0.6 is 23.2 Å². The summed E-state index contributed by atoms with van der Waals surface area (Å²) in [6.07, 6.45) is 1.43. The molecule has 0 saturated carbocycles. The zero-order valence-corrected chi connectivity index (χ0v) is 21.3. The lowest BCUT2D eigenvalue weighted by Crippen LogP contribution is -2.47. The van der Waals surface area contributed by atoms with Gasteiger partial charge in [0.05, 0.1) is 11.9 Å². The summed E-state index contributed by atoms with van der Waals surface area (Å²) in [5.74, 6) is -0.539. The van der Waals surface area contributed by atoms with Crippen molar-refractivity contribution in [3.8, 4) is 0 Å². The molecule has 0 bridgehead atoms. The van der Waals surface area contributed by atoms with Gasteiger partial charge in [0.1, 0.15) is 6.04 Å². The van der Waals surface area contributed by atoms with Crippen molar-refractivity contribution in [1.29, 1.82) is 0 Å². The number of amides is 2. The molecule has 33 heavy (non-hydrogen) atoms. The summed E-state index contributed by atoms with van der Waals surface area (Å²) in [7, 11) is -3.58. The minimum absolute atomic E-state index is 0.0563. The van der Waals surface area contributed by atoms with Gasteiger partial charge < -0.3 is 10.2 Å². The van der Waals surface area contributed by atoms with Crippen LogP contribution in [-0.2, 0) is 26.2 Å². The monoisotopic (exact) mass is 513 g/mol. The number of likely N-dealkylation sites (N-methyl/N-ethyl adjacent to an activating group) is 1. The first kappa shape index (κ1) is 27.0. The van der Waals surface area contributed by atoms with Gasteiger partial charge in [0, 0.05) is 36.1 Å². The van der Waals surface area contributed by atoms with Crippen molar-refractivity contribution in [2.24, 2.45) is 0 Å². The molecule has 7 nitrogen and oxygen atoms in total. The summed E-state index contributed by atoms with van der Waals surface area (Å²) < 4.78 is 25.9. The number of halogens is 2. The van der Waals surface area contributed by atoms with Crippen LogP contribution < -0.4 is 9.62 Å². The highest BCUT2D eigenvalue weighted by atomic mass is 35.5. The number of benzene rings is 2. The van der Waals surface area contributed by atoms with Crippen LogP contribution in [-0.4, -0.2) is 50.5 Å². The summed E-state index contributed by atoms with van der Waals surface area (Å²) in [5, 5.41) is 3.65. The molecule has 0 unspecified atom stereocenters. The molecule has 2 rings (SSSR count). The van der Waals surface area contributed by atoms with Crippen LogP contribution in [0.4, 0.5) is 5.69 Å². The average Bonchev–Trinajstić information content (AvgIpc) is 2.74. The fraction of sp³-hybridized carbons (Fsp3) is 0.391. The van der Waals surface area contributed by atoms with E-state index in [0.29, 0.717) is 22.3 Å². The Hall–Kier alpha value is -2.29. The van der Waals surface area contributed by atoms with Crippen molar-refractivity contribution in [3.05, 3.63) is 64.1 Å². The van der Waals surface area contributed by atoms with Gasteiger partial charge in [-0.2, -0.15) is 0 Å². The lowest BCUT2D eigenvalue weighted by molar-refractivity contribution is -0.140. The molecule has 2 amide bonds. The molecule has 0 aliphatic carbocycles. The number of sulfonamides is 1. The third kappa shape index (κ3) is 7.91. The largest absolute Gasteiger partial charge is 0.355 e. The zero-order chi connectivity index (χ0) is 24.6. The van der Waals surface area contributed by atoms with Crippen LogP contribution in [0.5, 0.6) is 0 Å². The molecule has 1 N–H and O–H groups in total. The maximum Gasteiger partial charge on any atom is 0.242 e. The number of carbonyl (C=O) groups excluding carboxylic acids is 2. The van der Waals surface area contributed by atoms with Gasteiger partial charge in [-0.3, -0.25) is 13.9 Å². The van der Waals surface area contributed by atoms with Gasteiger partial charge in [-0.1, -0.05) is 47.5 Å². The van der Waals surface area contributed by atoms with Gasteiger partial charge in [-0.25, -0.2) is 8.42 Å². The summed E-state index contributed by atoms with van der Waals surface area (Å²) >= 11 is 12.3. The quantitative estimate of drug-likeness (QED) is 0.490. The Labute approximate surface area is 205 Å². The molecule has 0 aliphatic rings. The molecule has 180 valence electrons. The van der Waals surface area contributed by atoms with E-state index in [2.05, 4.69) is 5.32 Å². The molecule has 0 fully saturated rings. The summed E-state index contributed by atoms with van der Waals surface area (Å²) in [4.78, 5) is 27.1. The number of nitrogens with one attached hydrogen (secondary N) is 1. The number of rotatable bonds is 11. The maximum atomic E-state index is 13.1. The highest BCUT2D eigenvalue weighted by Gasteiger charge is 2.27. The van der Waals surface area contributed by atoms with E-state index in [1.165, 1.54) is 9.21 Å². The van der Waals surface area contributed by atoms with Crippen molar-refractivity contribution < 1.29 is 18.0 Å². The highest BCUT2D eigenvalue weighted by Crippen LogP contribution is 2.23. The van der Waals surface area contributed by atoms with Crippen LogP contribution in [0.15, 0.2) is 48.5 Å². The zero-order valence-electron chi connectivity index (χ0n) is 18.9. The molecule has 0 radical (unpaired) electrons. The number of anilines is 1. The molecule has 1 atom stereocenters. The number of carbonyl (C=O) groups is 2. The fourth-order valence-electron chi connectivity index (χ4n) is 3.35. The van der Waals surface area contributed by atoms with E-state index >= 15 is 0 Å². The van der Waals surface area contributed by atoms with Gasteiger partial charge in [-0.05, 0) is 50.1 Å². The van der Waals surface area contributed by atoms with E-state index in [1.807, 2.05) is 6.07 Å². The molecule has 0 heterocycles. The molecular formula is C23H29Cl2N3O4S. The normalized spacial score (nSPS) is 12.2. The SMILES string of the molecule is CCNC(=O)[C@H](C)N(Cc1ccccc1Cl)C(=O)CCCN(c1cccc(Cl)c1)S(C)(=O)=O. The second-order valence-corrected chi connectivity index (χ2v) is 10.4. The Morgan fingerprint density at radius 1 is 1.09 bits per heavy atom. The minimum atomic E-state index is -3.58. The maximum absolute atomic E-state index is 13.1. The lowest BCUT2D eigenvalue weighted by Gasteiger charge is -2.29. The topological polar surface area (TPSA) is 86.8 Å². The molecule has 0 aromatic heterocycles. The Kier molecular flexibility index (Phi) is 10.0. The van der Waals surface area contributed by atoms with Crippen LogP contribution in [0.2, 0.25) is 10.0 Å². The predicted octanol–water partition coefficient (Wildman–Crippen LogP) is 4.09. The van der Waals surface area contributed by atoms with Gasteiger partial charge >= 0.3 is 0 Å².